The van der Waals surface area contributed by atoms with Crippen molar-refractivity contribution in [3.63, 3.8) is 0 Å². The molecule has 2 aliphatic rings. The van der Waals surface area contributed by atoms with Crippen molar-refractivity contribution in [3.05, 3.63) is 0 Å². The number of amides is 1. The molecule has 5 nitrogen and oxygen atoms in total. The van der Waals surface area contributed by atoms with E-state index in [0.717, 1.165) is 19.5 Å². The number of carbonyl (C=O) groups is 1. The third kappa shape index (κ3) is 2.55. The Kier molecular flexibility index (Phi) is 3.32. The van der Waals surface area contributed by atoms with Crippen molar-refractivity contribution in [1.29, 1.82) is 0 Å². The van der Waals surface area contributed by atoms with Crippen LogP contribution in [0, 0.1) is 0 Å². The number of nitrogens with one attached hydrogen (secondary N) is 1. The predicted octanol–water partition coefficient (Wildman–Crippen LogP) is 0.983. The van der Waals surface area contributed by atoms with Crippen LogP contribution in [0.15, 0.2) is 0 Å². The lowest BCUT2D eigenvalue weighted by molar-refractivity contribution is -0.000439. The van der Waals surface area contributed by atoms with Gasteiger partial charge in [-0.3, -0.25) is 4.90 Å². The van der Waals surface area contributed by atoms with Crippen molar-refractivity contribution in [2.24, 2.45) is 0 Å². The minimum atomic E-state index is -0.441. The Morgan fingerprint density at radius 3 is 2.65 bits per heavy atom. The number of fused-ring (bicyclic) bond motifs is 2. The van der Waals surface area contributed by atoms with Gasteiger partial charge in [0.2, 0.25) is 0 Å². The standard InChI is InChI=1S/C12H22N2O3/c1-12(2,3)17-11(15)14-8-5-10(16-4)9(14)7-13-6-8/h8-10,13H,5-7H2,1-4H3/t8-,9-,10-/m1/s1. The summed E-state index contributed by atoms with van der Waals surface area (Å²) in [6, 6.07) is 0.308. The summed E-state index contributed by atoms with van der Waals surface area (Å²) in [5, 5.41) is 3.33. The molecule has 98 valence electrons. The molecule has 0 aliphatic carbocycles. The van der Waals surface area contributed by atoms with E-state index in [0.29, 0.717) is 0 Å². The molecule has 2 rings (SSSR count). The molecule has 2 saturated heterocycles. The topological polar surface area (TPSA) is 50.8 Å². The number of methoxy groups -OCH3 is 1. The lowest BCUT2D eigenvalue weighted by Gasteiger charge is -2.36. The Labute approximate surface area is 102 Å². The van der Waals surface area contributed by atoms with E-state index in [1.165, 1.54) is 0 Å². The summed E-state index contributed by atoms with van der Waals surface area (Å²) < 4.78 is 10.9. The number of hydrogen-bond acceptors (Lipinski definition) is 4. The molecule has 0 unspecified atom stereocenters. The van der Waals surface area contributed by atoms with Gasteiger partial charge in [-0.25, -0.2) is 4.79 Å². The van der Waals surface area contributed by atoms with E-state index in [-0.39, 0.29) is 24.3 Å². The van der Waals surface area contributed by atoms with Gasteiger partial charge in [0.15, 0.2) is 0 Å². The molecular weight excluding hydrogens is 220 g/mol. The summed E-state index contributed by atoms with van der Waals surface area (Å²) in [6.45, 7) is 7.29. The Bertz CT molecular complexity index is 301. The third-order valence-electron chi connectivity index (χ3n) is 3.32. The van der Waals surface area contributed by atoms with Crippen molar-refractivity contribution < 1.29 is 14.3 Å². The summed E-state index contributed by atoms with van der Waals surface area (Å²) in [6.07, 6.45) is 0.809. The highest BCUT2D eigenvalue weighted by atomic mass is 16.6. The van der Waals surface area contributed by atoms with Crippen LogP contribution < -0.4 is 5.32 Å². The van der Waals surface area contributed by atoms with Gasteiger partial charge in [-0.05, 0) is 27.2 Å². The molecule has 3 atom stereocenters. The first kappa shape index (κ1) is 12.6. The zero-order chi connectivity index (χ0) is 12.6. The number of hydrogen-bond donors (Lipinski definition) is 1. The zero-order valence-corrected chi connectivity index (χ0v) is 11.0. The van der Waals surface area contributed by atoms with Gasteiger partial charge in [0.1, 0.15) is 5.60 Å². The summed E-state index contributed by atoms with van der Waals surface area (Å²) in [5.41, 5.74) is -0.441. The first-order valence-corrected chi connectivity index (χ1v) is 6.17. The molecule has 17 heavy (non-hydrogen) atoms. The van der Waals surface area contributed by atoms with Crippen molar-refractivity contribution in [2.45, 2.75) is 51.0 Å². The smallest absolute Gasteiger partial charge is 0.410 e. The zero-order valence-electron chi connectivity index (χ0n) is 11.0. The van der Waals surface area contributed by atoms with E-state index in [1.807, 2.05) is 25.7 Å². The molecule has 0 aromatic heterocycles. The summed E-state index contributed by atoms with van der Waals surface area (Å²) in [5.74, 6) is 0. The summed E-state index contributed by atoms with van der Waals surface area (Å²) in [7, 11) is 1.71. The Morgan fingerprint density at radius 1 is 1.35 bits per heavy atom. The van der Waals surface area contributed by atoms with Gasteiger partial charge in [-0.1, -0.05) is 0 Å². The second-order valence-electron chi connectivity index (χ2n) is 5.78. The minimum Gasteiger partial charge on any atom is -0.444 e. The molecule has 1 amide bonds. The first-order chi connectivity index (χ1) is 7.92. The maximum atomic E-state index is 12.2. The second kappa shape index (κ2) is 4.46. The fourth-order valence-corrected chi connectivity index (χ4v) is 2.65. The molecule has 2 aliphatic heterocycles. The van der Waals surface area contributed by atoms with E-state index in [4.69, 9.17) is 9.47 Å². The van der Waals surface area contributed by atoms with Gasteiger partial charge in [-0.15, -0.1) is 0 Å². The lowest BCUT2D eigenvalue weighted by Crippen LogP contribution is -2.56. The highest BCUT2D eigenvalue weighted by molar-refractivity contribution is 5.70. The third-order valence-corrected chi connectivity index (χ3v) is 3.32. The van der Waals surface area contributed by atoms with E-state index < -0.39 is 5.60 Å². The van der Waals surface area contributed by atoms with E-state index in [1.54, 1.807) is 7.11 Å². The molecule has 0 aromatic carbocycles. The molecule has 1 N–H and O–H groups in total. The van der Waals surface area contributed by atoms with E-state index >= 15 is 0 Å². The van der Waals surface area contributed by atoms with Crippen molar-refractivity contribution in [2.75, 3.05) is 20.2 Å². The molecule has 0 radical (unpaired) electrons. The quantitative estimate of drug-likeness (QED) is 0.745. The number of piperazine rings is 1. The molecule has 2 fully saturated rings. The highest BCUT2D eigenvalue weighted by Crippen LogP contribution is 2.30. The van der Waals surface area contributed by atoms with Gasteiger partial charge in [-0.2, -0.15) is 0 Å². The van der Waals surface area contributed by atoms with E-state index in [9.17, 15) is 4.79 Å². The van der Waals surface area contributed by atoms with Crippen LogP contribution in [-0.2, 0) is 9.47 Å². The Morgan fingerprint density at radius 2 is 2.06 bits per heavy atom. The van der Waals surface area contributed by atoms with Crippen LogP contribution in [-0.4, -0.2) is 55.0 Å². The SMILES string of the molecule is CO[C@@H]1C[C@@H]2CNC[C@H]1N2C(=O)OC(C)(C)C. The Balaban J connectivity index is 2.08. The van der Waals surface area contributed by atoms with Gasteiger partial charge < -0.3 is 14.8 Å². The fourth-order valence-electron chi connectivity index (χ4n) is 2.65. The average Bonchev–Trinajstić information content (AvgIpc) is 2.43. The molecule has 2 bridgehead atoms. The van der Waals surface area contributed by atoms with E-state index in [2.05, 4.69) is 5.32 Å². The summed E-state index contributed by atoms with van der Waals surface area (Å²) in [4.78, 5) is 14.0. The van der Waals surface area contributed by atoms with Crippen LogP contribution in [0.3, 0.4) is 0 Å². The normalized spacial score (nSPS) is 32.7. The van der Waals surface area contributed by atoms with Crippen LogP contribution >= 0.6 is 0 Å². The highest BCUT2D eigenvalue weighted by Gasteiger charge is 2.47. The van der Waals surface area contributed by atoms with Crippen LogP contribution in [0.25, 0.3) is 0 Å². The Hall–Kier alpha value is -0.810. The minimum absolute atomic E-state index is 0.105. The van der Waals surface area contributed by atoms with Crippen LogP contribution in [0.4, 0.5) is 4.79 Å². The largest absolute Gasteiger partial charge is 0.444 e. The van der Waals surface area contributed by atoms with Crippen LogP contribution in [0.5, 0.6) is 0 Å². The lowest BCUT2D eigenvalue weighted by atomic mass is 10.1. The second-order valence-corrected chi connectivity index (χ2v) is 5.78. The maximum Gasteiger partial charge on any atom is 0.410 e. The molecule has 0 spiro atoms. The molecule has 0 aromatic rings. The number of rotatable bonds is 1. The summed E-state index contributed by atoms with van der Waals surface area (Å²) >= 11 is 0. The maximum absolute atomic E-state index is 12.2. The van der Waals surface area contributed by atoms with Gasteiger partial charge in [0.25, 0.3) is 0 Å². The monoisotopic (exact) mass is 242 g/mol. The predicted molar refractivity (Wildman–Crippen MR) is 63.9 cm³/mol. The number of nitrogens with zero attached hydrogens (tertiary/aromatic N) is 1. The van der Waals surface area contributed by atoms with Crippen LogP contribution in [0.1, 0.15) is 27.2 Å². The van der Waals surface area contributed by atoms with Gasteiger partial charge in [0.05, 0.1) is 18.2 Å². The first-order valence-electron chi connectivity index (χ1n) is 6.17. The van der Waals surface area contributed by atoms with Crippen molar-refractivity contribution in [1.82, 2.24) is 10.2 Å². The van der Waals surface area contributed by atoms with Crippen LogP contribution in [0.2, 0.25) is 0 Å². The average molecular weight is 242 g/mol. The van der Waals surface area contributed by atoms with Crippen molar-refractivity contribution in [3.8, 4) is 0 Å². The molecule has 0 saturated carbocycles. The number of carbonyl (C=O) groups excluding carboxylic acids is 1. The molecular formula is C12H22N2O3. The fraction of sp³-hybridized carbons (Fsp3) is 0.917. The molecule has 2 heterocycles. The van der Waals surface area contributed by atoms with Crippen molar-refractivity contribution >= 4 is 6.09 Å². The number of ether oxygens (including phenoxy) is 2. The molecule has 5 heteroatoms. The van der Waals surface area contributed by atoms with Gasteiger partial charge in [0, 0.05) is 20.2 Å². The van der Waals surface area contributed by atoms with Gasteiger partial charge >= 0.3 is 6.09 Å².